The number of anilines is 1. The Morgan fingerprint density at radius 2 is 2.10 bits per heavy atom. The zero-order valence-corrected chi connectivity index (χ0v) is 18.0. The molecule has 1 saturated heterocycles. The standard InChI is InChI=1S/C22H25ClFN3O4/c1-30-11-9-26(21(28)19-7-2-3-8-20(19)24)14-18-15-27(10-12-31-18)22(29)25-17-6-4-5-16(23)13-17/h2-8,13,18H,9-12,14-15H2,1H3,(H,25,29). The molecule has 0 saturated carbocycles. The Hall–Kier alpha value is -2.68. The van der Waals surface area contributed by atoms with Crippen LogP contribution in [0.2, 0.25) is 5.02 Å². The minimum Gasteiger partial charge on any atom is -0.383 e. The summed E-state index contributed by atoms with van der Waals surface area (Å²) in [5.74, 6) is -1.03. The summed E-state index contributed by atoms with van der Waals surface area (Å²) >= 11 is 5.97. The van der Waals surface area contributed by atoms with Crippen LogP contribution in [0, 0.1) is 5.82 Å². The molecule has 0 aliphatic carbocycles. The molecule has 0 spiro atoms. The van der Waals surface area contributed by atoms with E-state index in [0.29, 0.717) is 37.0 Å². The molecule has 9 heteroatoms. The van der Waals surface area contributed by atoms with E-state index in [9.17, 15) is 14.0 Å². The van der Waals surface area contributed by atoms with E-state index < -0.39 is 17.8 Å². The van der Waals surface area contributed by atoms with Gasteiger partial charge < -0.3 is 24.6 Å². The first-order valence-corrected chi connectivity index (χ1v) is 10.3. The summed E-state index contributed by atoms with van der Waals surface area (Å²) in [6, 6.07) is 12.5. The third kappa shape index (κ3) is 6.40. The lowest BCUT2D eigenvalue weighted by molar-refractivity contribution is -0.0281. The first kappa shape index (κ1) is 23.0. The van der Waals surface area contributed by atoms with Crippen LogP contribution in [0.25, 0.3) is 0 Å². The van der Waals surface area contributed by atoms with Crippen molar-refractivity contribution in [2.24, 2.45) is 0 Å². The van der Waals surface area contributed by atoms with E-state index in [1.54, 1.807) is 35.2 Å². The number of nitrogens with zero attached hydrogens (tertiary/aromatic N) is 2. The number of hydrogen-bond donors (Lipinski definition) is 1. The maximum atomic E-state index is 14.1. The van der Waals surface area contributed by atoms with E-state index in [-0.39, 0.29) is 24.7 Å². The van der Waals surface area contributed by atoms with Crippen molar-refractivity contribution >= 4 is 29.2 Å². The lowest BCUT2D eigenvalue weighted by atomic mass is 10.1. The van der Waals surface area contributed by atoms with Crippen molar-refractivity contribution < 1.29 is 23.5 Å². The van der Waals surface area contributed by atoms with Crippen molar-refractivity contribution in [1.82, 2.24) is 9.80 Å². The van der Waals surface area contributed by atoms with Gasteiger partial charge in [0.15, 0.2) is 0 Å². The number of methoxy groups -OCH3 is 1. The molecule has 2 aromatic rings. The van der Waals surface area contributed by atoms with Crippen LogP contribution in [0.5, 0.6) is 0 Å². The maximum Gasteiger partial charge on any atom is 0.322 e. The van der Waals surface area contributed by atoms with E-state index in [2.05, 4.69) is 5.32 Å². The van der Waals surface area contributed by atoms with Crippen LogP contribution in [0.15, 0.2) is 48.5 Å². The van der Waals surface area contributed by atoms with E-state index in [1.807, 2.05) is 0 Å². The minimum atomic E-state index is -0.581. The second kappa shape index (κ2) is 11.1. The minimum absolute atomic E-state index is 0.00929. The van der Waals surface area contributed by atoms with Gasteiger partial charge in [0.2, 0.25) is 0 Å². The Balaban J connectivity index is 1.65. The fraction of sp³-hybridized carbons (Fsp3) is 0.364. The lowest BCUT2D eigenvalue weighted by Crippen LogP contribution is -2.52. The van der Waals surface area contributed by atoms with Crippen LogP contribution >= 0.6 is 11.6 Å². The molecule has 1 aliphatic rings. The largest absolute Gasteiger partial charge is 0.383 e. The molecule has 166 valence electrons. The quantitative estimate of drug-likeness (QED) is 0.702. The van der Waals surface area contributed by atoms with Crippen molar-refractivity contribution in [3.8, 4) is 0 Å². The highest BCUT2D eigenvalue weighted by atomic mass is 35.5. The Kier molecular flexibility index (Phi) is 8.22. The lowest BCUT2D eigenvalue weighted by Gasteiger charge is -2.35. The Morgan fingerprint density at radius 1 is 1.29 bits per heavy atom. The summed E-state index contributed by atoms with van der Waals surface area (Å²) in [7, 11) is 1.53. The number of nitrogens with one attached hydrogen (secondary N) is 1. The van der Waals surface area contributed by atoms with Gasteiger partial charge in [-0.25, -0.2) is 9.18 Å². The summed E-state index contributed by atoms with van der Waals surface area (Å²) < 4.78 is 25.0. The van der Waals surface area contributed by atoms with Crippen LogP contribution in [-0.2, 0) is 9.47 Å². The molecule has 1 heterocycles. The molecular weight excluding hydrogens is 425 g/mol. The maximum absolute atomic E-state index is 14.1. The van der Waals surface area contributed by atoms with Gasteiger partial charge in [-0.3, -0.25) is 4.79 Å². The Labute approximate surface area is 185 Å². The van der Waals surface area contributed by atoms with Crippen molar-refractivity contribution in [3.05, 3.63) is 64.9 Å². The summed E-state index contributed by atoms with van der Waals surface area (Å²) in [5, 5.41) is 3.34. The molecule has 0 bridgehead atoms. The van der Waals surface area contributed by atoms with Crippen molar-refractivity contribution in [2.45, 2.75) is 6.10 Å². The normalized spacial score (nSPS) is 16.1. The molecule has 1 aliphatic heterocycles. The number of amides is 3. The SMILES string of the molecule is COCCN(CC1CN(C(=O)Nc2cccc(Cl)c2)CCO1)C(=O)c1ccccc1F. The molecular formula is C22H25ClFN3O4. The van der Waals surface area contributed by atoms with Crippen molar-refractivity contribution in [3.63, 3.8) is 0 Å². The predicted octanol–water partition coefficient (Wildman–Crippen LogP) is 3.50. The zero-order valence-electron chi connectivity index (χ0n) is 17.2. The molecule has 31 heavy (non-hydrogen) atoms. The van der Waals surface area contributed by atoms with E-state index >= 15 is 0 Å². The number of ether oxygens (including phenoxy) is 2. The summed E-state index contributed by atoms with van der Waals surface area (Å²) in [4.78, 5) is 28.7. The van der Waals surface area contributed by atoms with Gasteiger partial charge in [-0.1, -0.05) is 29.8 Å². The van der Waals surface area contributed by atoms with Gasteiger partial charge in [0.05, 0.1) is 31.4 Å². The van der Waals surface area contributed by atoms with Gasteiger partial charge in [-0.15, -0.1) is 0 Å². The zero-order chi connectivity index (χ0) is 22.2. The van der Waals surface area contributed by atoms with Crippen LogP contribution in [0.4, 0.5) is 14.9 Å². The number of hydrogen-bond acceptors (Lipinski definition) is 4. The number of carbonyl (C=O) groups excluding carboxylic acids is 2. The molecule has 2 aromatic carbocycles. The molecule has 1 fully saturated rings. The monoisotopic (exact) mass is 449 g/mol. The average Bonchev–Trinajstić information content (AvgIpc) is 2.76. The number of morpholine rings is 1. The second-order valence-corrected chi connectivity index (χ2v) is 7.54. The summed E-state index contributed by atoms with van der Waals surface area (Å²) in [5.41, 5.74) is 0.585. The van der Waals surface area contributed by atoms with Crippen LogP contribution in [0.3, 0.4) is 0 Å². The number of carbonyl (C=O) groups is 2. The fourth-order valence-electron chi connectivity index (χ4n) is 3.31. The smallest absolute Gasteiger partial charge is 0.322 e. The van der Waals surface area contributed by atoms with Crippen LogP contribution in [0.1, 0.15) is 10.4 Å². The highest BCUT2D eigenvalue weighted by molar-refractivity contribution is 6.30. The fourth-order valence-corrected chi connectivity index (χ4v) is 3.50. The van der Waals surface area contributed by atoms with Gasteiger partial charge in [0.1, 0.15) is 5.82 Å². The van der Waals surface area contributed by atoms with Crippen molar-refractivity contribution in [1.29, 1.82) is 0 Å². The highest BCUT2D eigenvalue weighted by Crippen LogP contribution is 2.17. The average molecular weight is 450 g/mol. The third-order valence-electron chi connectivity index (χ3n) is 4.88. The Morgan fingerprint density at radius 3 is 2.84 bits per heavy atom. The number of benzene rings is 2. The van der Waals surface area contributed by atoms with Crippen molar-refractivity contribution in [2.75, 3.05) is 51.8 Å². The predicted molar refractivity (Wildman–Crippen MR) is 116 cm³/mol. The molecule has 1 atom stereocenters. The number of urea groups is 1. The Bertz CT molecular complexity index is 914. The topological polar surface area (TPSA) is 71.1 Å². The van der Waals surface area contributed by atoms with Crippen LogP contribution < -0.4 is 5.32 Å². The first-order valence-electron chi connectivity index (χ1n) is 9.93. The molecule has 7 nitrogen and oxygen atoms in total. The number of rotatable bonds is 7. The van der Waals surface area contributed by atoms with Gasteiger partial charge in [0.25, 0.3) is 5.91 Å². The summed E-state index contributed by atoms with van der Waals surface area (Å²) in [6.45, 7) is 1.82. The van der Waals surface area contributed by atoms with E-state index in [0.717, 1.165) is 0 Å². The highest BCUT2D eigenvalue weighted by Gasteiger charge is 2.28. The molecule has 1 N–H and O–H groups in total. The van der Waals surface area contributed by atoms with E-state index in [1.165, 1.54) is 30.2 Å². The molecule has 3 amide bonds. The third-order valence-corrected chi connectivity index (χ3v) is 5.12. The molecule has 3 rings (SSSR count). The second-order valence-electron chi connectivity index (χ2n) is 7.10. The van der Waals surface area contributed by atoms with Gasteiger partial charge in [-0.2, -0.15) is 0 Å². The van der Waals surface area contributed by atoms with Gasteiger partial charge >= 0.3 is 6.03 Å². The molecule has 1 unspecified atom stereocenters. The van der Waals surface area contributed by atoms with Crippen LogP contribution in [-0.4, -0.2) is 74.3 Å². The molecule has 0 radical (unpaired) electrons. The molecule has 0 aromatic heterocycles. The van der Waals surface area contributed by atoms with E-state index in [4.69, 9.17) is 21.1 Å². The number of halogens is 2. The first-order chi connectivity index (χ1) is 15.0. The van der Waals surface area contributed by atoms with Gasteiger partial charge in [-0.05, 0) is 30.3 Å². The summed E-state index contributed by atoms with van der Waals surface area (Å²) in [6.07, 6.45) is -0.411. The van der Waals surface area contributed by atoms with Gasteiger partial charge in [0, 0.05) is 37.5 Å².